The minimum Gasteiger partial charge on any atom is -0.380 e. The fourth-order valence-electron chi connectivity index (χ4n) is 1.35. The van der Waals surface area contributed by atoms with Crippen LogP contribution in [0, 0.1) is 5.92 Å². The van der Waals surface area contributed by atoms with Crippen molar-refractivity contribution in [2.45, 2.75) is 37.5 Å². The maximum Gasteiger partial charge on any atom is 0.205 e. The van der Waals surface area contributed by atoms with Crippen molar-refractivity contribution in [1.29, 1.82) is 0 Å². The summed E-state index contributed by atoms with van der Waals surface area (Å²) in [6.07, 6.45) is 0.597. The van der Waals surface area contributed by atoms with Crippen molar-refractivity contribution >= 4 is 19.4 Å². The van der Waals surface area contributed by atoms with Crippen molar-refractivity contribution < 1.29 is 9.13 Å². The number of alkyl halides is 2. The molecule has 4 heteroatoms. The van der Waals surface area contributed by atoms with Crippen molar-refractivity contribution in [3.05, 3.63) is 0 Å². The first kappa shape index (κ1) is 9.33. The van der Waals surface area contributed by atoms with Crippen LogP contribution in [0.3, 0.4) is 0 Å². The third-order valence-electron chi connectivity index (χ3n) is 2.27. The Morgan fingerprint density at radius 1 is 1.73 bits per heavy atom. The first-order valence-corrected chi connectivity index (χ1v) is 4.16. The van der Waals surface area contributed by atoms with Crippen molar-refractivity contribution in [3.8, 4) is 0 Å². The molecular formula is C7H11BClFO. The normalized spacial score (nSPS) is 51.5. The first-order valence-electron chi connectivity index (χ1n) is 3.79. The third kappa shape index (κ3) is 1.41. The molecule has 0 aromatic carbocycles. The molecule has 1 saturated heterocycles. The van der Waals surface area contributed by atoms with E-state index in [0.717, 1.165) is 6.42 Å². The summed E-state index contributed by atoms with van der Waals surface area (Å²) in [6, 6.07) is -0.982. The fourth-order valence-corrected chi connectivity index (χ4v) is 1.55. The summed E-state index contributed by atoms with van der Waals surface area (Å²) >= 11 is 5.53. The van der Waals surface area contributed by atoms with E-state index in [1.807, 2.05) is 6.92 Å². The van der Waals surface area contributed by atoms with E-state index in [2.05, 4.69) is 0 Å². The highest BCUT2D eigenvalue weighted by atomic mass is 35.5. The lowest BCUT2D eigenvalue weighted by molar-refractivity contribution is 0.0644. The van der Waals surface area contributed by atoms with Gasteiger partial charge in [-0.2, -0.15) is 0 Å². The molecule has 1 nitrogen and oxygen atoms in total. The van der Waals surface area contributed by atoms with Crippen LogP contribution in [0.2, 0.25) is 0 Å². The van der Waals surface area contributed by atoms with E-state index >= 15 is 0 Å². The lowest BCUT2D eigenvalue weighted by Gasteiger charge is -2.19. The van der Waals surface area contributed by atoms with Gasteiger partial charge in [0, 0.05) is 5.92 Å². The molecule has 1 aliphatic heterocycles. The van der Waals surface area contributed by atoms with Gasteiger partial charge in [-0.15, -0.1) is 0 Å². The van der Waals surface area contributed by atoms with Gasteiger partial charge in [0.05, 0.1) is 12.1 Å². The Labute approximate surface area is 72.7 Å². The zero-order chi connectivity index (χ0) is 8.65. The molecule has 0 unspecified atom stereocenters. The Kier molecular flexibility index (Phi) is 2.50. The van der Waals surface area contributed by atoms with Gasteiger partial charge in [0.2, 0.25) is 5.13 Å². The Morgan fingerprint density at radius 2 is 2.27 bits per heavy atom. The topological polar surface area (TPSA) is 9.23 Å². The zero-order valence-electron chi connectivity index (χ0n) is 6.68. The van der Waals surface area contributed by atoms with Crippen LogP contribution in [-0.2, 0) is 4.74 Å². The van der Waals surface area contributed by atoms with Gasteiger partial charge in [0.1, 0.15) is 7.85 Å². The lowest BCUT2D eigenvalue weighted by Crippen LogP contribution is -2.32. The minimum absolute atomic E-state index is 0.146. The van der Waals surface area contributed by atoms with E-state index in [9.17, 15) is 4.39 Å². The molecule has 62 valence electrons. The summed E-state index contributed by atoms with van der Waals surface area (Å²) in [5.74, 6) is -0.329. The Hall–Kier alpha value is 0.245. The van der Waals surface area contributed by atoms with E-state index in [0.29, 0.717) is 0 Å². The maximum absolute atomic E-state index is 13.4. The number of rotatable bonds is 1. The molecule has 0 aromatic rings. The van der Waals surface area contributed by atoms with Crippen LogP contribution >= 0.6 is 11.6 Å². The van der Waals surface area contributed by atoms with E-state index in [4.69, 9.17) is 24.2 Å². The number of ether oxygens (including phenoxy) is 1. The molecule has 0 N–H and O–H groups in total. The Bertz CT molecular complexity index is 153. The average Bonchev–Trinajstić information content (AvgIpc) is 2.14. The van der Waals surface area contributed by atoms with E-state index in [1.54, 1.807) is 6.92 Å². The molecule has 11 heavy (non-hydrogen) atoms. The summed E-state index contributed by atoms with van der Waals surface area (Å²) < 4.78 is 18.5. The summed E-state index contributed by atoms with van der Waals surface area (Å²) in [6.45, 7) is 3.64. The largest absolute Gasteiger partial charge is 0.380 e. The molecule has 1 aliphatic rings. The first-order chi connectivity index (χ1) is 5.00. The highest BCUT2D eigenvalue weighted by Crippen LogP contribution is 2.42. The molecule has 0 aliphatic carbocycles. The molecule has 1 heterocycles. The molecule has 1 fully saturated rings. The zero-order valence-corrected chi connectivity index (χ0v) is 7.44. The van der Waals surface area contributed by atoms with Gasteiger partial charge in [0.25, 0.3) is 0 Å². The van der Waals surface area contributed by atoms with Crippen molar-refractivity contribution in [2.75, 3.05) is 0 Å². The summed E-state index contributed by atoms with van der Waals surface area (Å²) in [4.78, 5) is 0. The van der Waals surface area contributed by atoms with Crippen molar-refractivity contribution in [1.82, 2.24) is 0 Å². The van der Waals surface area contributed by atoms with Gasteiger partial charge in [-0.05, 0) is 6.42 Å². The van der Waals surface area contributed by atoms with Crippen LogP contribution in [0.1, 0.15) is 20.3 Å². The number of hydrogen-bond donors (Lipinski definition) is 0. The Morgan fingerprint density at radius 3 is 2.45 bits per heavy atom. The van der Waals surface area contributed by atoms with Gasteiger partial charge >= 0.3 is 0 Å². The Balaban J connectivity index is 2.71. The van der Waals surface area contributed by atoms with Crippen LogP contribution < -0.4 is 0 Å². The molecule has 4 atom stereocenters. The van der Waals surface area contributed by atoms with Crippen molar-refractivity contribution in [2.24, 2.45) is 5.92 Å². The quantitative estimate of drug-likeness (QED) is 0.437. The monoisotopic (exact) mass is 176 g/mol. The predicted molar refractivity (Wildman–Crippen MR) is 43.6 cm³/mol. The number of halogens is 2. The molecule has 0 aromatic heterocycles. The van der Waals surface area contributed by atoms with E-state index in [-0.39, 0.29) is 12.0 Å². The SMILES string of the molecule is [B][C@@H]1O[C@H](CC)[C@@H](C)[C@]1(F)Cl. The standard InChI is InChI=1S/C7H11BClFO/c1-3-5-4(2)7(9,10)6(8)11-5/h4-6H,3H2,1-2H3/t4-,5-,6-,7-/m1/s1. The molecule has 0 spiro atoms. The van der Waals surface area contributed by atoms with Gasteiger partial charge in [-0.3, -0.25) is 0 Å². The van der Waals surface area contributed by atoms with Crippen molar-refractivity contribution in [3.63, 3.8) is 0 Å². The second-order valence-electron chi connectivity index (χ2n) is 2.97. The lowest BCUT2D eigenvalue weighted by atomic mass is 9.89. The van der Waals surface area contributed by atoms with E-state index < -0.39 is 11.1 Å². The molecule has 0 saturated carbocycles. The highest BCUT2D eigenvalue weighted by molar-refractivity contribution is 6.28. The highest BCUT2D eigenvalue weighted by Gasteiger charge is 2.50. The second kappa shape index (κ2) is 2.94. The molecule has 0 amide bonds. The third-order valence-corrected chi connectivity index (χ3v) is 2.83. The second-order valence-corrected chi connectivity index (χ2v) is 3.55. The average molecular weight is 176 g/mol. The smallest absolute Gasteiger partial charge is 0.205 e. The summed E-state index contributed by atoms with van der Waals surface area (Å²) in [5, 5.41) is -1.89. The van der Waals surface area contributed by atoms with Crippen LogP contribution in [0.5, 0.6) is 0 Å². The van der Waals surface area contributed by atoms with Crippen LogP contribution in [-0.4, -0.2) is 25.1 Å². The van der Waals surface area contributed by atoms with Gasteiger partial charge in [0.15, 0.2) is 0 Å². The molecular weight excluding hydrogens is 165 g/mol. The van der Waals surface area contributed by atoms with E-state index in [1.165, 1.54) is 0 Å². The van der Waals surface area contributed by atoms with Gasteiger partial charge < -0.3 is 4.74 Å². The molecule has 1 rings (SSSR count). The summed E-state index contributed by atoms with van der Waals surface area (Å²) in [7, 11) is 5.34. The molecule has 2 radical (unpaired) electrons. The minimum atomic E-state index is -1.89. The summed E-state index contributed by atoms with van der Waals surface area (Å²) in [5.41, 5.74) is 0. The number of hydrogen-bond acceptors (Lipinski definition) is 1. The predicted octanol–water partition coefficient (Wildman–Crippen LogP) is 1.83. The van der Waals surface area contributed by atoms with Crippen LogP contribution in [0.15, 0.2) is 0 Å². The van der Waals surface area contributed by atoms with Crippen LogP contribution in [0.25, 0.3) is 0 Å². The molecule has 0 bridgehead atoms. The van der Waals surface area contributed by atoms with Gasteiger partial charge in [-0.25, -0.2) is 4.39 Å². The fraction of sp³-hybridized carbons (Fsp3) is 1.00. The maximum atomic E-state index is 13.4. The van der Waals surface area contributed by atoms with Crippen LogP contribution in [0.4, 0.5) is 4.39 Å². The van der Waals surface area contributed by atoms with Gasteiger partial charge in [-0.1, -0.05) is 25.4 Å².